The van der Waals surface area contributed by atoms with Gasteiger partial charge in [-0.3, -0.25) is 9.89 Å². The van der Waals surface area contributed by atoms with Crippen molar-refractivity contribution in [1.29, 1.82) is 0 Å². The van der Waals surface area contributed by atoms with Crippen molar-refractivity contribution in [3.8, 4) is 0 Å². The Morgan fingerprint density at radius 1 is 1.40 bits per heavy atom. The van der Waals surface area contributed by atoms with Crippen LogP contribution in [0.4, 0.5) is 11.5 Å². The number of aryl methyl sites for hydroxylation is 3. The van der Waals surface area contributed by atoms with Crippen LogP contribution in [0.1, 0.15) is 40.8 Å². The molecular weight excluding hydrogens is 254 g/mol. The van der Waals surface area contributed by atoms with E-state index in [1.807, 2.05) is 26.8 Å². The summed E-state index contributed by atoms with van der Waals surface area (Å²) in [6, 6.07) is 3.75. The predicted molar refractivity (Wildman–Crippen MR) is 78.7 cm³/mol. The lowest BCUT2D eigenvalue weighted by Gasteiger charge is -2.05. The number of aromatic nitrogens is 3. The quantitative estimate of drug-likeness (QED) is 0.795. The lowest BCUT2D eigenvalue weighted by atomic mass is 10.2. The fourth-order valence-electron chi connectivity index (χ4n) is 2.08. The number of H-pyrrole nitrogens is 1. The maximum atomic E-state index is 12.2. The third-order valence-electron chi connectivity index (χ3n) is 2.94. The van der Waals surface area contributed by atoms with Gasteiger partial charge in [0.05, 0.1) is 11.4 Å². The topological polar surface area (TPSA) is 96.7 Å². The van der Waals surface area contributed by atoms with Crippen LogP contribution in [0.3, 0.4) is 0 Å². The molecule has 2 heterocycles. The van der Waals surface area contributed by atoms with Crippen LogP contribution in [-0.2, 0) is 6.42 Å². The minimum absolute atomic E-state index is 0.217. The Labute approximate surface area is 117 Å². The minimum Gasteiger partial charge on any atom is -0.395 e. The monoisotopic (exact) mass is 273 g/mol. The molecule has 1 amide bonds. The molecule has 0 saturated carbocycles. The van der Waals surface area contributed by atoms with Gasteiger partial charge in [0.25, 0.3) is 5.91 Å². The van der Waals surface area contributed by atoms with Gasteiger partial charge in [-0.2, -0.15) is 5.10 Å². The molecule has 0 spiro atoms. The van der Waals surface area contributed by atoms with Crippen molar-refractivity contribution in [1.82, 2.24) is 15.2 Å². The maximum absolute atomic E-state index is 12.2. The van der Waals surface area contributed by atoms with Gasteiger partial charge in [-0.05, 0) is 38.0 Å². The molecule has 2 aromatic rings. The standard InChI is InChI=1S/C14H19N5O/c1-4-5-10-12(15)13(19-18-10)14(20)17-11-7-8(2)6-9(3)16-11/h6-7H,4-5,15H2,1-3H3,(H,18,19)(H,16,17,20). The Kier molecular flexibility index (Phi) is 4.02. The smallest absolute Gasteiger partial charge is 0.279 e. The Morgan fingerprint density at radius 2 is 2.15 bits per heavy atom. The summed E-state index contributed by atoms with van der Waals surface area (Å²) in [5, 5.41) is 9.52. The number of rotatable bonds is 4. The van der Waals surface area contributed by atoms with E-state index >= 15 is 0 Å². The Bertz CT molecular complexity index is 612. The molecule has 0 radical (unpaired) electrons. The number of carbonyl (C=O) groups is 1. The van der Waals surface area contributed by atoms with Gasteiger partial charge in [0.2, 0.25) is 0 Å². The van der Waals surface area contributed by atoms with E-state index in [4.69, 9.17) is 5.73 Å². The molecular formula is C14H19N5O. The number of nitrogens with zero attached hydrogens (tertiary/aromatic N) is 2. The van der Waals surface area contributed by atoms with Gasteiger partial charge < -0.3 is 11.1 Å². The molecule has 106 valence electrons. The number of pyridine rings is 1. The van der Waals surface area contributed by atoms with Gasteiger partial charge in [0, 0.05) is 5.69 Å². The number of carbonyl (C=O) groups excluding carboxylic acids is 1. The van der Waals surface area contributed by atoms with E-state index in [9.17, 15) is 4.79 Å². The first kappa shape index (κ1) is 14.0. The molecule has 0 unspecified atom stereocenters. The van der Waals surface area contributed by atoms with E-state index in [1.54, 1.807) is 6.07 Å². The summed E-state index contributed by atoms with van der Waals surface area (Å²) < 4.78 is 0. The largest absolute Gasteiger partial charge is 0.395 e. The lowest BCUT2D eigenvalue weighted by Crippen LogP contribution is -2.15. The minimum atomic E-state index is -0.349. The molecule has 0 atom stereocenters. The van der Waals surface area contributed by atoms with Crippen LogP contribution in [0.25, 0.3) is 0 Å². The van der Waals surface area contributed by atoms with E-state index in [0.29, 0.717) is 11.5 Å². The summed E-state index contributed by atoms with van der Waals surface area (Å²) in [6.45, 7) is 5.87. The second-order valence-electron chi connectivity index (χ2n) is 4.84. The van der Waals surface area contributed by atoms with Crippen LogP contribution in [0.2, 0.25) is 0 Å². The molecule has 0 bridgehead atoms. The highest BCUT2D eigenvalue weighted by Crippen LogP contribution is 2.17. The van der Waals surface area contributed by atoms with E-state index in [1.165, 1.54) is 0 Å². The van der Waals surface area contributed by atoms with Crippen LogP contribution >= 0.6 is 0 Å². The number of hydrogen-bond donors (Lipinski definition) is 3. The van der Waals surface area contributed by atoms with E-state index in [2.05, 4.69) is 20.5 Å². The Hall–Kier alpha value is -2.37. The van der Waals surface area contributed by atoms with Gasteiger partial charge in [-0.15, -0.1) is 0 Å². The zero-order valence-electron chi connectivity index (χ0n) is 11.9. The first-order valence-electron chi connectivity index (χ1n) is 6.60. The number of nitrogens with two attached hydrogens (primary N) is 1. The Balaban J connectivity index is 2.19. The second-order valence-corrected chi connectivity index (χ2v) is 4.84. The number of anilines is 2. The summed E-state index contributed by atoms with van der Waals surface area (Å²) in [6.07, 6.45) is 1.71. The van der Waals surface area contributed by atoms with Crippen LogP contribution in [0.5, 0.6) is 0 Å². The molecule has 6 heteroatoms. The van der Waals surface area contributed by atoms with Crippen LogP contribution in [-0.4, -0.2) is 21.1 Å². The molecule has 0 aliphatic rings. The molecule has 4 N–H and O–H groups in total. The fourth-order valence-corrected chi connectivity index (χ4v) is 2.08. The van der Waals surface area contributed by atoms with Gasteiger partial charge in [0.1, 0.15) is 5.82 Å². The molecule has 0 aliphatic carbocycles. The average molecular weight is 273 g/mol. The van der Waals surface area contributed by atoms with Crippen LogP contribution in [0, 0.1) is 13.8 Å². The van der Waals surface area contributed by atoms with E-state index < -0.39 is 0 Å². The maximum Gasteiger partial charge on any atom is 0.279 e. The lowest BCUT2D eigenvalue weighted by molar-refractivity contribution is 0.102. The predicted octanol–water partition coefficient (Wildman–Crippen LogP) is 2.21. The van der Waals surface area contributed by atoms with Crippen LogP contribution in [0.15, 0.2) is 12.1 Å². The first-order chi connectivity index (χ1) is 9.51. The summed E-state index contributed by atoms with van der Waals surface area (Å²) in [5.41, 5.74) is 9.24. The highest BCUT2D eigenvalue weighted by molar-refractivity contribution is 6.06. The Morgan fingerprint density at radius 3 is 2.80 bits per heavy atom. The van der Waals surface area contributed by atoms with Crippen molar-refractivity contribution in [3.05, 3.63) is 34.8 Å². The summed E-state index contributed by atoms with van der Waals surface area (Å²) in [5.74, 6) is 0.158. The van der Waals surface area contributed by atoms with Crippen molar-refractivity contribution in [2.24, 2.45) is 0 Å². The number of nitrogens with one attached hydrogen (secondary N) is 2. The summed E-state index contributed by atoms with van der Waals surface area (Å²) in [7, 11) is 0. The van der Waals surface area contributed by atoms with Crippen molar-refractivity contribution in [2.45, 2.75) is 33.6 Å². The fraction of sp³-hybridized carbons (Fsp3) is 0.357. The molecule has 0 fully saturated rings. The van der Waals surface area contributed by atoms with Gasteiger partial charge >= 0.3 is 0 Å². The third kappa shape index (κ3) is 2.96. The van der Waals surface area contributed by atoms with Crippen molar-refractivity contribution >= 4 is 17.4 Å². The third-order valence-corrected chi connectivity index (χ3v) is 2.94. The van der Waals surface area contributed by atoms with Crippen molar-refractivity contribution in [2.75, 3.05) is 11.1 Å². The average Bonchev–Trinajstić information content (AvgIpc) is 2.70. The molecule has 0 aromatic carbocycles. The molecule has 20 heavy (non-hydrogen) atoms. The van der Waals surface area contributed by atoms with E-state index in [0.717, 1.165) is 29.8 Å². The van der Waals surface area contributed by atoms with Crippen molar-refractivity contribution < 1.29 is 4.79 Å². The number of aromatic amines is 1. The molecule has 0 aliphatic heterocycles. The zero-order chi connectivity index (χ0) is 14.7. The highest BCUT2D eigenvalue weighted by atomic mass is 16.2. The molecule has 2 rings (SSSR count). The zero-order valence-corrected chi connectivity index (χ0v) is 11.9. The van der Waals surface area contributed by atoms with Crippen molar-refractivity contribution in [3.63, 3.8) is 0 Å². The molecule has 6 nitrogen and oxygen atoms in total. The SMILES string of the molecule is CCCc1[nH]nc(C(=O)Nc2cc(C)cc(C)n2)c1N. The first-order valence-corrected chi connectivity index (χ1v) is 6.60. The van der Waals surface area contributed by atoms with E-state index in [-0.39, 0.29) is 11.6 Å². The summed E-state index contributed by atoms with van der Waals surface area (Å²) in [4.78, 5) is 16.4. The normalized spacial score (nSPS) is 10.6. The van der Waals surface area contributed by atoms with Gasteiger partial charge in [0.15, 0.2) is 5.69 Å². The number of amides is 1. The molecule has 0 saturated heterocycles. The summed E-state index contributed by atoms with van der Waals surface area (Å²) >= 11 is 0. The highest BCUT2D eigenvalue weighted by Gasteiger charge is 2.17. The van der Waals surface area contributed by atoms with Gasteiger partial charge in [-0.1, -0.05) is 13.3 Å². The van der Waals surface area contributed by atoms with Crippen LogP contribution < -0.4 is 11.1 Å². The molecule has 2 aromatic heterocycles. The number of hydrogen-bond acceptors (Lipinski definition) is 4. The number of nitrogen functional groups attached to an aromatic ring is 1. The van der Waals surface area contributed by atoms with Gasteiger partial charge in [-0.25, -0.2) is 4.98 Å². The second kappa shape index (κ2) is 5.73.